The monoisotopic (exact) mass is 818 g/mol. The third-order valence-corrected chi connectivity index (χ3v) is 11.3. The van der Waals surface area contributed by atoms with Gasteiger partial charge in [-0.3, -0.25) is 4.79 Å². The highest BCUT2D eigenvalue weighted by molar-refractivity contribution is 6.06. The number of carbonyl (C=O) groups excluding carboxylic acids is 2. The van der Waals surface area contributed by atoms with E-state index in [0.29, 0.717) is 27.9 Å². The molecule has 3 aromatic carbocycles. The number of halogens is 5. The number of likely N-dealkylation sites (tertiary alicyclic amines) is 1. The van der Waals surface area contributed by atoms with Crippen LogP contribution in [-0.2, 0) is 15.1 Å². The van der Waals surface area contributed by atoms with Crippen LogP contribution in [0.2, 0.25) is 0 Å². The molecule has 0 unspecified atom stereocenters. The van der Waals surface area contributed by atoms with Crippen LogP contribution < -0.4 is 15.4 Å². The molecule has 15 heteroatoms. The zero-order valence-corrected chi connectivity index (χ0v) is 33.1. The second-order valence-corrected chi connectivity index (χ2v) is 15.9. The minimum Gasteiger partial charge on any atom is -0.490 e. The van der Waals surface area contributed by atoms with Gasteiger partial charge in [0, 0.05) is 35.4 Å². The lowest BCUT2D eigenvalue weighted by molar-refractivity contribution is -0.212. The molecule has 2 aliphatic heterocycles. The first-order chi connectivity index (χ1) is 28.1. The van der Waals surface area contributed by atoms with Crippen molar-refractivity contribution in [3.8, 4) is 28.3 Å². The van der Waals surface area contributed by atoms with Gasteiger partial charge in [0.1, 0.15) is 41.1 Å². The smallest absolute Gasteiger partial charge is 0.490 e. The number of benzene rings is 3. The second kappa shape index (κ2) is 17.4. The summed E-state index contributed by atoms with van der Waals surface area (Å²) in [6.45, 7) is 9.50. The molecule has 0 spiro atoms. The van der Waals surface area contributed by atoms with E-state index in [1.54, 1.807) is 6.92 Å². The van der Waals surface area contributed by atoms with Crippen LogP contribution in [0.25, 0.3) is 33.5 Å². The quantitative estimate of drug-likeness (QED) is 0.0843. The number of rotatable bonds is 12. The summed E-state index contributed by atoms with van der Waals surface area (Å²) in [6.07, 6.45) is 3.40. The van der Waals surface area contributed by atoms with Crippen molar-refractivity contribution in [1.29, 1.82) is 0 Å². The number of fused-ring (bicyclic) bond motifs is 1. The molecule has 2 aromatic heterocycles. The third-order valence-electron chi connectivity index (χ3n) is 11.3. The number of nitrogens with zero attached hydrogens (tertiary/aromatic N) is 3. The molecule has 10 nitrogen and oxygen atoms in total. The number of piperidine rings is 2. The number of aromatic nitrogens is 3. The Morgan fingerprint density at radius 2 is 1.66 bits per heavy atom. The summed E-state index contributed by atoms with van der Waals surface area (Å²) in [6, 6.07) is 15.1. The van der Waals surface area contributed by atoms with E-state index in [9.17, 15) is 22.8 Å². The number of anilines is 1. The maximum atomic E-state index is 15.2. The van der Waals surface area contributed by atoms with E-state index in [2.05, 4.69) is 35.2 Å². The number of amides is 1. The fourth-order valence-electron chi connectivity index (χ4n) is 7.91. The summed E-state index contributed by atoms with van der Waals surface area (Å²) in [5.74, 6) is -3.50. The average molecular weight is 819 g/mol. The molecule has 0 radical (unpaired) electrons. The molecule has 1 amide bonds. The van der Waals surface area contributed by atoms with Gasteiger partial charge in [-0.2, -0.15) is 13.2 Å². The van der Waals surface area contributed by atoms with Crippen LogP contribution in [0.3, 0.4) is 0 Å². The van der Waals surface area contributed by atoms with Gasteiger partial charge in [-0.25, -0.2) is 23.5 Å². The lowest BCUT2D eigenvalue weighted by atomic mass is 9.93. The summed E-state index contributed by atoms with van der Waals surface area (Å²) in [5, 5.41) is 6.59. The minimum absolute atomic E-state index is 0.0457. The molecule has 59 heavy (non-hydrogen) atoms. The number of ether oxygens (including phenoxy) is 2. The SMILES string of the molecule is Cc1c(NC(=O)c2ccc(C(C)(C)OC(=O)C(F)(F)F)cc2F)cc(F)cc1-c1ncnc2[nH]c(-c3ccc(OC4CCN(CCCC5CCNCC5)CC4)cc3)cc12. The number of alkyl halides is 3. The highest BCUT2D eigenvalue weighted by atomic mass is 19.4. The lowest BCUT2D eigenvalue weighted by Crippen LogP contribution is -2.39. The summed E-state index contributed by atoms with van der Waals surface area (Å²) in [5.41, 5.74) is 0.934. The van der Waals surface area contributed by atoms with Crippen molar-refractivity contribution in [2.45, 2.75) is 77.2 Å². The molecule has 2 aliphatic rings. The van der Waals surface area contributed by atoms with Gasteiger partial charge in [0.05, 0.1) is 11.3 Å². The summed E-state index contributed by atoms with van der Waals surface area (Å²) >= 11 is 0. The molecule has 2 fully saturated rings. The molecule has 7 rings (SSSR count). The topological polar surface area (TPSA) is 121 Å². The van der Waals surface area contributed by atoms with Crippen molar-refractivity contribution >= 4 is 28.6 Å². The average Bonchev–Trinajstić information content (AvgIpc) is 3.65. The highest BCUT2D eigenvalue weighted by Crippen LogP contribution is 2.36. The first-order valence-corrected chi connectivity index (χ1v) is 19.9. The molecule has 0 saturated carbocycles. The predicted octanol–water partition coefficient (Wildman–Crippen LogP) is 9.09. The van der Waals surface area contributed by atoms with Crippen molar-refractivity contribution in [3.63, 3.8) is 0 Å². The van der Waals surface area contributed by atoms with E-state index in [4.69, 9.17) is 4.74 Å². The largest absolute Gasteiger partial charge is 0.490 e. The fraction of sp³-hybridized carbons (Fsp3) is 0.409. The first kappa shape index (κ1) is 41.7. The van der Waals surface area contributed by atoms with Crippen molar-refractivity contribution in [3.05, 3.63) is 95.3 Å². The Labute approximate surface area is 338 Å². The number of hydrogen-bond donors (Lipinski definition) is 3. The molecule has 2 saturated heterocycles. The van der Waals surface area contributed by atoms with Gasteiger partial charge >= 0.3 is 12.1 Å². The normalized spacial score (nSPS) is 16.0. The summed E-state index contributed by atoms with van der Waals surface area (Å²) in [4.78, 5) is 39.4. The molecule has 3 N–H and O–H groups in total. The Kier molecular flexibility index (Phi) is 12.3. The lowest BCUT2D eigenvalue weighted by Gasteiger charge is -2.32. The Bertz CT molecular complexity index is 2300. The Balaban J connectivity index is 1.01. The predicted molar refractivity (Wildman–Crippen MR) is 214 cm³/mol. The van der Waals surface area contributed by atoms with Crippen LogP contribution >= 0.6 is 0 Å². The number of nitrogens with one attached hydrogen (secondary N) is 3. The third kappa shape index (κ3) is 9.90. The maximum absolute atomic E-state index is 15.2. The van der Waals surface area contributed by atoms with Crippen LogP contribution in [0, 0.1) is 24.5 Å². The van der Waals surface area contributed by atoms with E-state index in [0.717, 1.165) is 101 Å². The van der Waals surface area contributed by atoms with E-state index < -0.39 is 40.9 Å². The van der Waals surface area contributed by atoms with Crippen LogP contribution in [0.15, 0.2) is 67.0 Å². The Morgan fingerprint density at radius 3 is 2.36 bits per heavy atom. The molecule has 5 aromatic rings. The van der Waals surface area contributed by atoms with Gasteiger partial charge < -0.3 is 30.0 Å². The molecule has 312 valence electrons. The Morgan fingerprint density at radius 1 is 0.932 bits per heavy atom. The molecular formula is C44H47F5N6O4. The van der Waals surface area contributed by atoms with E-state index in [-0.39, 0.29) is 17.4 Å². The zero-order chi connectivity index (χ0) is 41.9. The van der Waals surface area contributed by atoms with Gasteiger partial charge in [-0.15, -0.1) is 0 Å². The molecule has 4 heterocycles. The number of aromatic amines is 1. The van der Waals surface area contributed by atoms with Crippen LogP contribution in [-0.4, -0.2) is 76.7 Å². The molecule has 0 atom stereocenters. The number of esters is 1. The minimum atomic E-state index is -5.25. The zero-order valence-electron chi connectivity index (χ0n) is 33.1. The summed E-state index contributed by atoms with van der Waals surface area (Å²) in [7, 11) is 0. The van der Waals surface area contributed by atoms with Crippen LogP contribution in [0.1, 0.15) is 73.9 Å². The first-order valence-electron chi connectivity index (χ1n) is 19.9. The molecule has 0 aliphatic carbocycles. The van der Waals surface area contributed by atoms with Gasteiger partial charge in [-0.1, -0.05) is 6.07 Å². The van der Waals surface area contributed by atoms with Crippen molar-refractivity contribution in [2.75, 3.05) is 38.0 Å². The maximum Gasteiger partial charge on any atom is 0.490 e. The van der Waals surface area contributed by atoms with Crippen molar-refractivity contribution in [1.82, 2.24) is 25.2 Å². The standard InChI is InChI=1S/C44H47F5N6O4/c1-26-34(22-30(45)23-37(26)54-41(56)33-11-8-29(21-36(33)46)43(2,3)59-42(57)44(47,48)49)39-35-24-38(53-40(35)52-25-51-39)28-6-9-31(10-7-28)58-32-14-19-55(20-15-32)18-4-5-27-12-16-50-17-13-27/h6-11,21-25,27,32,50H,4-5,12-20H2,1-3H3,(H,54,56)(H,51,52,53). The van der Waals surface area contributed by atoms with E-state index in [1.807, 2.05) is 30.3 Å². The van der Waals surface area contributed by atoms with Gasteiger partial charge in [0.25, 0.3) is 5.91 Å². The number of H-pyrrole nitrogens is 1. The van der Waals surface area contributed by atoms with E-state index >= 15 is 8.78 Å². The summed E-state index contributed by atoms with van der Waals surface area (Å²) < 4.78 is 79.7. The van der Waals surface area contributed by atoms with Gasteiger partial charge in [0.2, 0.25) is 0 Å². The second-order valence-electron chi connectivity index (χ2n) is 15.9. The van der Waals surface area contributed by atoms with Crippen LogP contribution in [0.5, 0.6) is 5.75 Å². The number of carbonyl (C=O) groups is 2. The fourth-order valence-corrected chi connectivity index (χ4v) is 7.91. The molecule has 0 bridgehead atoms. The van der Waals surface area contributed by atoms with Gasteiger partial charge in [0.15, 0.2) is 0 Å². The van der Waals surface area contributed by atoms with E-state index in [1.165, 1.54) is 44.1 Å². The van der Waals surface area contributed by atoms with Gasteiger partial charge in [-0.05, 0) is 156 Å². The highest BCUT2D eigenvalue weighted by Gasteiger charge is 2.44. The molecular weight excluding hydrogens is 772 g/mol. The van der Waals surface area contributed by atoms with Crippen molar-refractivity contribution in [2.24, 2.45) is 5.92 Å². The van der Waals surface area contributed by atoms with Crippen LogP contribution in [0.4, 0.5) is 27.6 Å². The Hall–Kier alpha value is -5.41. The number of hydrogen-bond acceptors (Lipinski definition) is 8. The van der Waals surface area contributed by atoms with Crippen molar-refractivity contribution < 1.29 is 41.0 Å².